The molecule has 0 atom stereocenters. The van der Waals surface area contributed by atoms with Crippen LogP contribution in [0.1, 0.15) is 11.3 Å². The maximum Gasteiger partial charge on any atom is 0.352 e. The van der Waals surface area contributed by atoms with E-state index in [9.17, 15) is 22.4 Å². The van der Waals surface area contributed by atoms with Gasteiger partial charge in [-0.15, -0.1) is 0 Å². The van der Waals surface area contributed by atoms with Crippen LogP contribution in [-0.4, -0.2) is 10.9 Å². The molecule has 3 nitrogen and oxygen atoms in total. The van der Waals surface area contributed by atoms with Gasteiger partial charge < -0.3 is 5.32 Å². The topological polar surface area (TPSA) is 42.0 Å². The smallest absolute Gasteiger partial charge is 0.345 e. The molecule has 1 N–H and O–H groups in total. The van der Waals surface area contributed by atoms with Gasteiger partial charge in [-0.05, 0) is 30.3 Å². The normalized spacial score (nSPS) is 11.3. The van der Waals surface area contributed by atoms with Crippen molar-refractivity contribution >= 4 is 17.5 Å². The summed E-state index contributed by atoms with van der Waals surface area (Å²) < 4.78 is 54.2. The van der Waals surface area contributed by atoms with Crippen molar-refractivity contribution in [1.82, 2.24) is 10.3 Å². The Morgan fingerprint density at radius 3 is 2.68 bits per heavy atom. The Labute approximate surface area is 127 Å². The number of nitrogens with one attached hydrogen (secondary N) is 1. The van der Waals surface area contributed by atoms with Gasteiger partial charge in [0.05, 0.1) is 22.8 Å². The average Bonchev–Trinajstić information content (AvgIpc) is 2.48. The van der Waals surface area contributed by atoms with Crippen LogP contribution in [-0.2, 0) is 17.3 Å². The number of amides is 1. The van der Waals surface area contributed by atoms with E-state index in [1.54, 1.807) is 0 Å². The fraction of sp³-hybridized carbons (Fsp3) is 0.143. The summed E-state index contributed by atoms with van der Waals surface area (Å²) in [4.78, 5) is 15.4. The molecule has 1 aromatic carbocycles. The van der Waals surface area contributed by atoms with Crippen LogP contribution in [0.2, 0.25) is 5.02 Å². The predicted molar refractivity (Wildman–Crippen MR) is 71.3 cm³/mol. The highest BCUT2D eigenvalue weighted by atomic mass is 35.5. The number of nitrogens with zero attached hydrogens (tertiary/aromatic N) is 1. The van der Waals surface area contributed by atoms with Crippen LogP contribution in [0.15, 0.2) is 36.5 Å². The quantitative estimate of drug-likeness (QED) is 0.872. The van der Waals surface area contributed by atoms with Crippen LogP contribution in [0.25, 0.3) is 0 Å². The molecule has 0 saturated heterocycles. The number of halogens is 5. The largest absolute Gasteiger partial charge is 0.352 e. The lowest BCUT2D eigenvalue weighted by Gasteiger charge is -2.17. The van der Waals surface area contributed by atoms with Gasteiger partial charge in [0, 0.05) is 6.20 Å². The summed E-state index contributed by atoms with van der Waals surface area (Å²) >= 11 is 5.77. The summed E-state index contributed by atoms with van der Waals surface area (Å²) in [6.45, 7) is -0.370. The summed E-state index contributed by atoms with van der Waals surface area (Å²) in [7, 11) is 0. The number of alkyl halides is 2. The standard InChI is InChI=1S/C14H9ClF4N2O/c15-10-2-1-5-20-12(10)7-21-13(22)14(18,19)9-6-8(16)3-4-11(9)17/h1-6H,7H2,(H,21,22). The van der Waals surface area contributed by atoms with Gasteiger partial charge in [0.15, 0.2) is 0 Å². The number of hydrogen-bond acceptors (Lipinski definition) is 2. The van der Waals surface area contributed by atoms with Crippen molar-refractivity contribution in [3.05, 3.63) is 64.4 Å². The summed E-state index contributed by atoms with van der Waals surface area (Å²) in [6.07, 6.45) is 1.37. The SMILES string of the molecule is O=C(NCc1ncccc1Cl)C(F)(F)c1cc(F)ccc1F. The molecule has 0 fully saturated rings. The van der Waals surface area contributed by atoms with E-state index in [4.69, 9.17) is 11.6 Å². The van der Waals surface area contributed by atoms with E-state index >= 15 is 0 Å². The van der Waals surface area contributed by atoms with E-state index in [-0.39, 0.29) is 23.3 Å². The maximum atomic E-state index is 13.9. The predicted octanol–water partition coefficient (Wildman–Crippen LogP) is 3.42. The molecule has 0 unspecified atom stereocenters. The first-order chi connectivity index (χ1) is 10.3. The van der Waals surface area contributed by atoms with Gasteiger partial charge in [0.2, 0.25) is 0 Å². The molecule has 1 amide bonds. The van der Waals surface area contributed by atoms with Crippen molar-refractivity contribution < 1.29 is 22.4 Å². The molecule has 2 rings (SSSR count). The molecular weight excluding hydrogens is 324 g/mol. The molecule has 0 radical (unpaired) electrons. The van der Waals surface area contributed by atoms with E-state index in [0.717, 1.165) is 0 Å². The lowest BCUT2D eigenvalue weighted by Crippen LogP contribution is -2.38. The van der Waals surface area contributed by atoms with Crippen molar-refractivity contribution in [3.63, 3.8) is 0 Å². The van der Waals surface area contributed by atoms with Crippen LogP contribution >= 0.6 is 11.6 Å². The number of carbonyl (C=O) groups excluding carboxylic acids is 1. The van der Waals surface area contributed by atoms with Crippen molar-refractivity contribution in [2.45, 2.75) is 12.5 Å². The van der Waals surface area contributed by atoms with E-state index in [1.165, 1.54) is 18.3 Å². The second-order valence-electron chi connectivity index (χ2n) is 4.31. The van der Waals surface area contributed by atoms with E-state index < -0.39 is 29.0 Å². The van der Waals surface area contributed by atoms with E-state index in [2.05, 4.69) is 4.98 Å². The van der Waals surface area contributed by atoms with Gasteiger partial charge >= 0.3 is 5.92 Å². The Bertz CT molecular complexity index is 709. The van der Waals surface area contributed by atoms with Gasteiger partial charge in [0.25, 0.3) is 5.91 Å². The molecule has 0 bridgehead atoms. The Balaban J connectivity index is 2.17. The zero-order valence-electron chi connectivity index (χ0n) is 10.9. The number of benzene rings is 1. The first kappa shape index (κ1) is 16.2. The van der Waals surface area contributed by atoms with Crippen molar-refractivity contribution in [3.8, 4) is 0 Å². The van der Waals surface area contributed by atoms with E-state index in [0.29, 0.717) is 12.1 Å². The zero-order valence-corrected chi connectivity index (χ0v) is 11.7. The minimum absolute atomic E-state index is 0.174. The molecular formula is C14H9ClF4N2O. The van der Waals surface area contributed by atoms with Gasteiger partial charge in [-0.3, -0.25) is 9.78 Å². The second kappa shape index (κ2) is 6.31. The maximum absolute atomic E-state index is 13.9. The molecule has 0 aliphatic heterocycles. The van der Waals surface area contributed by atoms with Crippen LogP contribution in [0.5, 0.6) is 0 Å². The Morgan fingerprint density at radius 2 is 2.00 bits per heavy atom. The van der Waals surface area contributed by atoms with Gasteiger partial charge in [-0.1, -0.05) is 11.6 Å². The van der Waals surface area contributed by atoms with E-state index in [1.807, 2.05) is 5.32 Å². The number of aromatic nitrogens is 1. The molecule has 0 saturated carbocycles. The number of hydrogen-bond donors (Lipinski definition) is 1. The average molecular weight is 333 g/mol. The van der Waals surface area contributed by atoms with Crippen LogP contribution in [0.3, 0.4) is 0 Å². The van der Waals surface area contributed by atoms with Gasteiger partial charge in [0.1, 0.15) is 11.6 Å². The van der Waals surface area contributed by atoms with Crippen molar-refractivity contribution in [2.24, 2.45) is 0 Å². The highest BCUT2D eigenvalue weighted by Crippen LogP contribution is 2.31. The lowest BCUT2D eigenvalue weighted by atomic mass is 10.1. The highest BCUT2D eigenvalue weighted by Gasteiger charge is 2.43. The molecule has 1 aromatic heterocycles. The highest BCUT2D eigenvalue weighted by molar-refractivity contribution is 6.31. The molecule has 116 valence electrons. The second-order valence-corrected chi connectivity index (χ2v) is 4.72. The fourth-order valence-electron chi connectivity index (χ4n) is 1.68. The third-order valence-electron chi connectivity index (χ3n) is 2.80. The molecule has 0 aliphatic rings. The Morgan fingerprint density at radius 1 is 1.27 bits per heavy atom. The first-order valence-corrected chi connectivity index (χ1v) is 6.41. The van der Waals surface area contributed by atoms with Crippen molar-refractivity contribution in [1.29, 1.82) is 0 Å². The molecule has 0 aliphatic carbocycles. The molecule has 2 aromatic rings. The minimum Gasteiger partial charge on any atom is -0.345 e. The third-order valence-corrected chi connectivity index (χ3v) is 3.15. The Kier molecular flexibility index (Phi) is 4.65. The summed E-state index contributed by atoms with van der Waals surface area (Å²) in [5, 5.41) is 2.08. The van der Waals surface area contributed by atoms with Gasteiger partial charge in [-0.2, -0.15) is 8.78 Å². The zero-order chi connectivity index (χ0) is 16.3. The van der Waals surface area contributed by atoms with Crippen molar-refractivity contribution in [2.75, 3.05) is 0 Å². The molecule has 1 heterocycles. The summed E-state index contributed by atoms with van der Waals surface area (Å²) in [5.74, 6) is -8.46. The minimum atomic E-state index is -4.23. The van der Waals surface area contributed by atoms with Crippen LogP contribution < -0.4 is 5.32 Å². The lowest BCUT2D eigenvalue weighted by molar-refractivity contribution is -0.147. The fourth-order valence-corrected chi connectivity index (χ4v) is 1.87. The monoisotopic (exact) mass is 332 g/mol. The Hall–Kier alpha value is -2.15. The van der Waals surface area contributed by atoms with Crippen LogP contribution in [0, 0.1) is 11.6 Å². The molecule has 22 heavy (non-hydrogen) atoms. The molecule has 0 spiro atoms. The summed E-state index contributed by atoms with van der Waals surface area (Å²) in [6, 6.07) is 4.50. The number of pyridine rings is 1. The third kappa shape index (κ3) is 3.36. The number of carbonyl (C=O) groups is 1. The number of rotatable bonds is 4. The first-order valence-electron chi connectivity index (χ1n) is 6.03. The summed E-state index contributed by atoms with van der Waals surface area (Å²) in [5.41, 5.74) is -1.16. The molecule has 8 heteroatoms. The van der Waals surface area contributed by atoms with Gasteiger partial charge in [-0.25, -0.2) is 8.78 Å². The van der Waals surface area contributed by atoms with Crippen LogP contribution in [0.4, 0.5) is 17.6 Å².